The molecule has 0 spiro atoms. The van der Waals surface area contributed by atoms with Gasteiger partial charge in [0.05, 0.1) is 18.4 Å². The summed E-state index contributed by atoms with van der Waals surface area (Å²) in [6.07, 6.45) is 0. The zero-order valence-corrected chi connectivity index (χ0v) is 14.4. The number of benzene rings is 2. The Labute approximate surface area is 150 Å². The van der Waals surface area contributed by atoms with Crippen LogP contribution in [0.3, 0.4) is 0 Å². The Kier molecular flexibility index (Phi) is 5.14. The Balaban J connectivity index is 2.12. The molecule has 1 aliphatic rings. The molecular formula is C19H17ClN2O3. The molecule has 3 rings (SSSR count). The molecule has 2 amide bonds. The van der Waals surface area contributed by atoms with Crippen molar-refractivity contribution in [2.75, 3.05) is 6.61 Å². The van der Waals surface area contributed by atoms with Gasteiger partial charge in [-0.15, -0.1) is 0 Å². The van der Waals surface area contributed by atoms with Gasteiger partial charge in [-0.1, -0.05) is 60.1 Å². The highest BCUT2D eigenvalue weighted by atomic mass is 35.5. The van der Waals surface area contributed by atoms with Crippen molar-refractivity contribution in [1.82, 2.24) is 5.32 Å². The first kappa shape index (κ1) is 17.2. The number of rotatable bonds is 4. The number of carbonyl (C=O) groups is 2. The topological polar surface area (TPSA) is 67.8 Å². The number of aliphatic imine (C=N–C) groups is 1. The number of carbonyl (C=O) groups excluding carboxylic acids is 2. The molecule has 2 unspecified atom stereocenters. The van der Waals surface area contributed by atoms with Gasteiger partial charge in [0.1, 0.15) is 5.92 Å². The third kappa shape index (κ3) is 3.56. The lowest BCUT2D eigenvalue weighted by Crippen LogP contribution is -2.45. The first-order valence-electron chi connectivity index (χ1n) is 7.97. The summed E-state index contributed by atoms with van der Waals surface area (Å²) in [4.78, 5) is 28.9. The quantitative estimate of drug-likeness (QED) is 0.848. The smallest absolute Gasteiger partial charge is 0.341 e. The number of hydrogen-bond acceptors (Lipinski definition) is 3. The van der Waals surface area contributed by atoms with Crippen LogP contribution in [0.4, 0.5) is 4.79 Å². The van der Waals surface area contributed by atoms with Crippen LogP contribution in [-0.4, -0.2) is 24.3 Å². The highest BCUT2D eigenvalue weighted by Gasteiger charge is 2.41. The summed E-state index contributed by atoms with van der Waals surface area (Å²) in [6, 6.07) is 15.1. The fourth-order valence-electron chi connectivity index (χ4n) is 2.90. The van der Waals surface area contributed by atoms with E-state index in [0.29, 0.717) is 21.9 Å². The molecule has 0 radical (unpaired) electrons. The molecule has 2 aromatic carbocycles. The lowest BCUT2D eigenvalue weighted by molar-refractivity contribution is -0.146. The Morgan fingerprint density at radius 1 is 1.16 bits per heavy atom. The van der Waals surface area contributed by atoms with Gasteiger partial charge in [-0.2, -0.15) is 4.99 Å². The van der Waals surface area contributed by atoms with E-state index in [2.05, 4.69) is 10.3 Å². The summed E-state index contributed by atoms with van der Waals surface area (Å²) in [5.74, 6) is -1.23. The zero-order valence-electron chi connectivity index (χ0n) is 13.6. The minimum Gasteiger partial charge on any atom is -0.465 e. The largest absolute Gasteiger partial charge is 0.465 e. The van der Waals surface area contributed by atoms with E-state index in [1.165, 1.54) is 0 Å². The Morgan fingerprint density at radius 3 is 2.52 bits per heavy atom. The third-order valence-electron chi connectivity index (χ3n) is 3.98. The predicted molar refractivity (Wildman–Crippen MR) is 95.8 cm³/mol. The molecule has 2 aromatic rings. The van der Waals surface area contributed by atoms with E-state index >= 15 is 0 Å². The number of halogens is 1. The van der Waals surface area contributed by atoms with Crippen LogP contribution in [0.5, 0.6) is 0 Å². The molecule has 5 nitrogen and oxygen atoms in total. The van der Waals surface area contributed by atoms with Gasteiger partial charge in [-0.25, -0.2) is 4.79 Å². The molecule has 2 atom stereocenters. The molecular weight excluding hydrogens is 340 g/mol. The SMILES string of the molecule is CCOC(=O)C1C(c2ccccc2)=NC(=O)NC1c1ccccc1Cl. The van der Waals surface area contributed by atoms with Gasteiger partial charge in [0.15, 0.2) is 0 Å². The van der Waals surface area contributed by atoms with Crippen molar-refractivity contribution in [2.24, 2.45) is 10.9 Å². The molecule has 1 N–H and O–H groups in total. The van der Waals surface area contributed by atoms with Gasteiger partial charge in [-0.05, 0) is 24.1 Å². The minimum absolute atomic E-state index is 0.237. The van der Waals surface area contributed by atoms with Gasteiger partial charge in [0.25, 0.3) is 0 Å². The summed E-state index contributed by atoms with van der Waals surface area (Å²) in [5.41, 5.74) is 1.74. The summed E-state index contributed by atoms with van der Waals surface area (Å²) >= 11 is 6.30. The number of amides is 2. The molecule has 1 heterocycles. The molecule has 0 saturated heterocycles. The van der Waals surface area contributed by atoms with Crippen molar-refractivity contribution in [3.05, 3.63) is 70.7 Å². The van der Waals surface area contributed by atoms with Gasteiger partial charge in [0.2, 0.25) is 0 Å². The number of ether oxygens (including phenoxy) is 1. The molecule has 128 valence electrons. The molecule has 0 bridgehead atoms. The maximum absolute atomic E-state index is 12.7. The maximum Gasteiger partial charge on any atom is 0.341 e. The summed E-state index contributed by atoms with van der Waals surface area (Å²) in [6.45, 7) is 1.98. The van der Waals surface area contributed by atoms with Crippen LogP contribution in [0.2, 0.25) is 5.02 Å². The predicted octanol–water partition coefficient (Wildman–Crippen LogP) is 3.77. The minimum atomic E-state index is -0.778. The second-order valence-electron chi connectivity index (χ2n) is 5.54. The van der Waals surface area contributed by atoms with Crippen molar-refractivity contribution in [1.29, 1.82) is 0 Å². The number of nitrogens with one attached hydrogen (secondary N) is 1. The zero-order chi connectivity index (χ0) is 17.8. The first-order valence-corrected chi connectivity index (χ1v) is 8.35. The van der Waals surface area contributed by atoms with Gasteiger partial charge in [0, 0.05) is 5.02 Å². The van der Waals surface area contributed by atoms with Gasteiger partial charge < -0.3 is 10.1 Å². The van der Waals surface area contributed by atoms with Crippen LogP contribution in [-0.2, 0) is 9.53 Å². The van der Waals surface area contributed by atoms with E-state index in [4.69, 9.17) is 16.3 Å². The van der Waals surface area contributed by atoms with E-state index in [-0.39, 0.29) is 6.61 Å². The molecule has 6 heteroatoms. The second-order valence-corrected chi connectivity index (χ2v) is 5.95. The number of urea groups is 1. The van der Waals surface area contributed by atoms with E-state index in [9.17, 15) is 9.59 Å². The second kappa shape index (κ2) is 7.49. The molecule has 0 aromatic heterocycles. The summed E-state index contributed by atoms with van der Waals surface area (Å²) < 4.78 is 5.25. The molecule has 25 heavy (non-hydrogen) atoms. The van der Waals surface area contributed by atoms with Crippen LogP contribution in [0.25, 0.3) is 0 Å². The van der Waals surface area contributed by atoms with Crippen LogP contribution < -0.4 is 5.32 Å². The fourth-order valence-corrected chi connectivity index (χ4v) is 3.16. The van der Waals surface area contributed by atoms with Crippen molar-refractivity contribution >= 4 is 29.3 Å². The standard InChI is InChI=1S/C19H17ClN2O3/c1-2-25-18(23)15-16(12-8-4-3-5-9-12)21-19(24)22-17(15)13-10-6-7-11-14(13)20/h3-11,15,17H,2H2,1H3,(H,22,24). The Bertz CT molecular complexity index is 820. The monoisotopic (exact) mass is 356 g/mol. The van der Waals surface area contributed by atoms with Crippen LogP contribution in [0, 0.1) is 5.92 Å². The van der Waals surface area contributed by atoms with Crippen LogP contribution in [0.15, 0.2) is 59.6 Å². The van der Waals surface area contributed by atoms with E-state index in [1.807, 2.05) is 36.4 Å². The molecule has 1 aliphatic heterocycles. The van der Waals surface area contributed by atoms with E-state index in [1.54, 1.807) is 25.1 Å². The number of esters is 1. The number of nitrogens with zero attached hydrogens (tertiary/aromatic N) is 1. The maximum atomic E-state index is 12.7. The van der Waals surface area contributed by atoms with Gasteiger partial charge >= 0.3 is 12.0 Å². The highest BCUT2D eigenvalue weighted by Crippen LogP contribution is 2.34. The normalized spacial score (nSPS) is 19.8. The summed E-state index contributed by atoms with van der Waals surface area (Å²) in [5, 5.41) is 3.22. The average Bonchev–Trinajstić information content (AvgIpc) is 2.62. The molecule has 0 fully saturated rings. The van der Waals surface area contributed by atoms with E-state index in [0.717, 1.165) is 0 Å². The van der Waals surface area contributed by atoms with Crippen molar-refractivity contribution in [2.45, 2.75) is 13.0 Å². The summed E-state index contributed by atoms with van der Waals surface area (Å²) in [7, 11) is 0. The van der Waals surface area contributed by atoms with Crippen LogP contribution in [0.1, 0.15) is 24.1 Å². The lowest BCUT2D eigenvalue weighted by Gasteiger charge is -2.31. The van der Waals surface area contributed by atoms with Crippen molar-refractivity contribution in [3.8, 4) is 0 Å². The average molecular weight is 357 g/mol. The fraction of sp³-hybridized carbons (Fsp3) is 0.211. The molecule has 0 aliphatic carbocycles. The van der Waals surface area contributed by atoms with Crippen molar-refractivity contribution in [3.63, 3.8) is 0 Å². The lowest BCUT2D eigenvalue weighted by atomic mass is 9.84. The number of hydrogen-bond donors (Lipinski definition) is 1. The first-order chi connectivity index (χ1) is 12.1. The Hall–Kier alpha value is -2.66. The highest BCUT2D eigenvalue weighted by molar-refractivity contribution is 6.31. The Morgan fingerprint density at radius 2 is 1.84 bits per heavy atom. The van der Waals surface area contributed by atoms with Crippen molar-refractivity contribution < 1.29 is 14.3 Å². The van der Waals surface area contributed by atoms with E-state index < -0.39 is 24.0 Å². The van der Waals surface area contributed by atoms with Gasteiger partial charge in [-0.3, -0.25) is 4.79 Å². The van der Waals surface area contributed by atoms with Crippen LogP contribution >= 0.6 is 11.6 Å². The molecule has 0 saturated carbocycles. The third-order valence-corrected chi connectivity index (χ3v) is 4.32.